The van der Waals surface area contributed by atoms with Crippen LogP contribution < -0.4 is 20.4 Å². The van der Waals surface area contributed by atoms with Crippen molar-refractivity contribution in [2.75, 3.05) is 29.4 Å². The molecule has 20 heavy (non-hydrogen) atoms. The number of amides is 3. The number of anilines is 2. The van der Waals surface area contributed by atoms with Gasteiger partial charge in [0.15, 0.2) is 0 Å². The highest BCUT2D eigenvalue weighted by Gasteiger charge is 2.45. The molecule has 3 aliphatic heterocycles. The molecule has 3 saturated heterocycles. The highest BCUT2D eigenvalue weighted by Crippen LogP contribution is 2.32. The van der Waals surface area contributed by atoms with Crippen molar-refractivity contribution in [3.05, 3.63) is 24.3 Å². The van der Waals surface area contributed by atoms with Crippen LogP contribution in [0.3, 0.4) is 0 Å². The molecule has 0 bridgehead atoms. The van der Waals surface area contributed by atoms with E-state index >= 15 is 0 Å². The maximum absolute atomic E-state index is 11.8. The maximum atomic E-state index is 11.8. The molecule has 1 aromatic carbocycles. The fourth-order valence-electron chi connectivity index (χ4n) is 3.04. The largest absolute Gasteiger partial charge is 0.364 e. The first-order chi connectivity index (χ1) is 9.72. The molecule has 0 spiro atoms. The summed E-state index contributed by atoms with van der Waals surface area (Å²) in [7, 11) is 0. The lowest BCUT2D eigenvalue weighted by Crippen LogP contribution is -2.78. The van der Waals surface area contributed by atoms with Gasteiger partial charge >= 0.3 is 6.03 Å². The van der Waals surface area contributed by atoms with E-state index in [1.54, 1.807) is 4.90 Å². The number of rotatable bonds is 2. The minimum atomic E-state index is -0.332. The van der Waals surface area contributed by atoms with Gasteiger partial charge in [-0.2, -0.15) is 0 Å². The minimum Gasteiger partial charge on any atom is -0.364 e. The zero-order chi connectivity index (χ0) is 13.7. The van der Waals surface area contributed by atoms with E-state index in [2.05, 4.69) is 15.5 Å². The normalized spacial score (nSPS) is 28.4. The number of hydrogen-bond donors (Lipinski definition) is 2. The summed E-state index contributed by atoms with van der Waals surface area (Å²) in [6, 6.07) is 8.96. The quantitative estimate of drug-likeness (QED) is 0.812. The van der Waals surface area contributed by atoms with Crippen LogP contribution in [0, 0.1) is 0 Å². The third-order valence-electron chi connectivity index (χ3n) is 4.39. The number of fused-ring (bicyclic) bond motifs is 1. The van der Waals surface area contributed by atoms with E-state index in [1.165, 1.54) is 5.69 Å². The second kappa shape index (κ2) is 4.21. The summed E-state index contributed by atoms with van der Waals surface area (Å²) in [5.74, 6) is -0.202. The Hall–Kier alpha value is -2.08. The Balaban J connectivity index is 1.49. The number of nitrogens with zero attached hydrogens (tertiary/aromatic N) is 2. The molecule has 3 fully saturated rings. The summed E-state index contributed by atoms with van der Waals surface area (Å²) in [4.78, 5) is 26.9. The SMILES string of the molecule is O=C1CCN(c2ccc(N3CC4NCC43)cc2)C(=O)N1. The van der Waals surface area contributed by atoms with Gasteiger partial charge in [0.1, 0.15) is 0 Å². The van der Waals surface area contributed by atoms with Gasteiger partial charge in [-0.05, 0) is 24.3 Å². The fraction of sp³-hybridized carbons (Fsp3) is 0.429. The first-order valence-electron chi connectivity index (χ1n) is 6.94. The van der Waals surface area contributed by atoms with Crippen LogP contribution in [0.2, 0.25) is 0 Å². The lowest BCUT2D eigenvalue weighted by Gasteiger charge is -2.57. The summed E-state index contributed by atoms with van der Waals surface area (Å²) in [5.41, 5.74) is 2.03. The number of urea groups is 1. The molecule has 4 rings (SSSR count). The Bertz CT molecular complexity index is 571. The van der Waals surface area contributed by atoms with E-state index < -0.39 is 0 Å². The van der Waals surface area contributed by atoms with Crippen LogP contribution in [0.15, 0.2) is 24.3 Å². The molecule has 3 amide bonds. The van der Waals surface area contributed by atoms with Gasteiger partial charge in [0.05, 0.1) is 6.04 Å². The molecular formula is C14H16N4O2. The third kappa shape index (κ3) is 1.68. The van der Waals surface area contributed by atoms with Crippen molar-refractivity contribution in [1.29, 1.82) is 0 Å². The van der Waals surface area contributed by atoms with Crippen LogP contribution in [0.5, 0.6) is 0 Å². The molecular weight excluding hydrogens is 256 g/mol. The second-order valence-electron chi connectivity index (χ2n) is 5.51. The third-order valence-corrected chi connectivity index (χ3v) is 4.39. The molecule has 3 aliphatic rings. The van der Waals surface area contributed by atoms with E-state index in [4.69, 9.17) is 0 Å². The van der Waals surface area contributed by atoms with Gasteiger partial charge in [0, 0.05) is 43.5 Å². The monoisotopic (exact) mass is 272 g/mol. The average Bonchev–Trinajstić information content (AvgIpc) is 2.42. The Labute approximate surface area is 116 Å². The molecule has 0 radical (unpaired) electrons. The molecule has 2 unspecified atom stereocenters. The Morgan fingerprint density at radius 3 is 2.40 bits per heavy atom. The topological polar surface area (TPSA) is 64.7 Å². The van der Waals surface area contributed by atoms with Crippen molar-refractivity contribution in [3.8, 4) is 0 Å². The Morgan fingerprint density at radius 2 is 1.85 bits per heavy atom. The highest BCUT2D eigenvalue weighted by atomic mass is 16.2. The average molecular weight is 272 g/mol. The molecule has 6 nitrogen and oxygen atoms in total. The van der Waals surface area contributed by atoms with Crippen LogP contribution in [0.4, 0.5) is 16.2 Å². The van der Waals surface area contributed by atoms with Crippen molar-refractivity contribution in [1.82, 2.24) is 10.6 Å². The van der Waals surface area contributed by atoms with E-state index in [0.717, 1.165) is 18.8 Å². The predicted molar refractivity (Wildman–Crippen MR) is 74.9 cm³/mol. The van der Waals surface area contributed by atoms with Crippen LogP contribution in [0.25, 0.3) is 0 Å². The van der Waals surface area contributed by atoms with E-state index in [-0.39, 0.29) is 11.9 Å². The van der Waals surface area contributed by atoms with Gasteiger partial charge in [-0.1, -0.05) is 0 Å². The molecule has 6 heteroatoms. The number of imide groups is 1. The number of benzene rings is 1. The first kappa shape index (κ1) is 11.7. The number of hydrogen-bond acceptors (Lipinski definition) is 4. The number of piperazine rings is 1. The van der Waals surface area contributed by atoms with Crippen molar-refractivity contribution in [3.63, 3.8) is 0 Å². The molecule has 3 heterocycles. The zero-order valence-electron chi connectivity index (χ0n) is 11.0. The minimum absolute atomic E-state index is 0.202. The molecule has 104 valence electrons. The molecule has 1 aromatic rings. The molecule has 0 aromatic heterocycles. The number of carbonyl (C=O) groups is 2. The molecule has 0 saturated carbocycles. The van der Waals surface area contributed by atoms with Crippen molar-refractivity contribution in [2.24, 2.45) is 0 Å². The van der Waals surface area contributed by atoms with Crippen molar-refractivity contribution >= 4 is 23.3 Å². The van der Waals surface area contributed by atoms with Crippen LogP contribution in [-0.4, -0.2) is 43.7 Å². The summed E-state index contributed by atoms with van der Waals surface area (Å²) >= 11 is 0. The number of nitrogens with one attached hydrogen (secondary N) is 2. The van der Waals surface area contributed by atoms with Crippen LogP contribution in [0.1, 0.15) is 6.42 Å². The van der Waals surface area contributed by atoms with E-state index in [9.17, 15) is 9.59 Å². The van der Waals surface area contributed by atoms with Crippen LogP contribution >= 0.6 is 0 Å². The summed E-state index contributed by atoms with van der Waals surface area (Å²) in [6.07, 6.45) is 0.356. The standard InChI is InChI=1S/C14H16N4O2/c19-13-5-6-17(14(20)16-13)9-1-3-10(4-2-9)18-8-11-12(18)7-15-11/h1-4,11-12,15H,5-8H2,(H,16,19,20). The Kier molecular flexibility index (Phi) is 2.47. The molecule has 0 aliphatic carbocycles. The van der Waals surface area contributed by atoms with Gasteiger partial charge in [-0.3, -0.25) is 15.0 Å². The van der Waals surface area contributed by atoms with Gasteiger partial charge in [0.2, 0.25) is 5.91 Å². The van der Waals surface area contributed by atoms with Crippen molar-refractivity contribution in [2.45, 2.75) is 18.5 Å². The van der Waals surface area contributed by atoms with Gasteiger partial charge in [-0.25, -0.2) is 4.79 Å². The van der Waals surface area contributed by atoms with Gasteiger partial charge < -0.3 is 10.2 Å². The molecule has 2 N–H and O–H groups in total. The van der Waals surface area contributed by atoms with Crippen molar-refractivity contribution < 1.29 is 9.59 Å². The number of carbonyl (C=O) groups excluding carboxylic acids is 2. The van der Waals surface area contributed by atoms with Gasteiger partial charge in [-0.15, -0.1) is 0 Å². The summed E-state index contributed by atoms with van der Waals surface area (Å²) in [6.45, 7) is 2.56. The van der Waals surface area contributed by atoms with E-state index in [0.29, 0.717) is 25.0 Å². The lowest BCUT2D eigenvalue weighted by molar-refractivity contribution is -0.120. The second-order valence-corrected chi connectivity index (χ2v) is 5.51. The van der Waals surface area contributed by atoms with E-state index in [1.807, 2.05) is 24.3 Å². The van der Waals surface area contributed by atoms with Crippen LogP contribution in [-0.2, 0) is 4.79 Å². The molecule has 2 atom stereocenters. The fourth-order valence-corrected chi connectivity index (χ4v) is 3.04. The highest BCUT2D eigenvalue weighted by molar-refractivity contribution is 6.05. The first-order valence-corrected chi connectivity index (χ1v) is 6.94. The lowest BCUT2D eigenvalue weighted by atomic mass is 9.88. The maximum Gasteiger partial charge on any atom is 0.328 e. The Morgan fingerprint density at radius 1 is 1.10 bits per heavy atom. The zero-order valence-corrected chi connectivity index (χ0v) is 11.0. The smallest absolute Gasteiger partial charge is 0.328 e. The predicted octanol–water partition coefficient (Wildman–Crippen LogP) is 0.293. The van der Waals surface area contributed by atoms with Gasteiger partial charge in [0.25, 0.3) is 0 Å². The summed E-state index contributed by atoms with van der Waals surface area (Å²) in [5, 5.41) is 5.72. The summed E-state index contributed by atoms with van der Waals surface area (Å²) < 4.78 is 0.